The summed E-state index contributed by atoms with van der Waals surface area (Å²) in [6.07, 6.45) is 3.61. The number of amides is 2. The average molecular weight is 452 g/mol. The zero-order valence-corrected chi connectivity index (χ0v) is 18.8. The van der Waals surface area contributed by atoms with Crippen molar-refractivity contribution in [1.82, 2.24) is 24.7 Å². The fraction of sp³-hybridized carbons (Fsp3) is 0.259. The summed E-state index contributed by atoms with van der Waals surface area (Å²) in [6.45, 7) is 3.05. The highest BCUT2D eigenvalue weighted by Gasteiger charge is 2.42. The van der Waals surface area contributed by atoms with Crippen LogP contribution < -0.4 is 0 Å². The molecule has 0 spiro atoms. The van der Waals surface area contributed by atoms with Crippen molar-refractivity contribution in [3.8, 4) is 0 Å². The van der Waals surface area contributed by atoms with Crippen LogP contribution in [-0.4, -0.2) is 68.7 Å². The Kier molecular flexibility index (Phi) is 5.19. The lowest BCUT2D eigenvalue weighted by Crippen LogP contribution is -2.66. The van der Waals surface area contributed by atoms with E-state index in [2.05, 4.69) is 33.1 Å². The monoisotopic (exact) mass is 451 g/mol. The first-order chi connectivity index (χ1) is 16.7. The van der Waals surface area contributed by atoms with Gasteiger partial charge in [-0.05, 0) is 29.3 Å². The van der Waals surface area contributed by atoms with E-state index in [9.17, 15) is 9.59 Å². The van der Waals surface area contributed by atoms with Gasteiger partial charge >= 0.3 is 0 Å². The van der Waals surface area contributed by atoms with Crippen LogP contribution in [0.2, 0.25) is 0 Å². The molecule has 0 bridgehead atoms. The molecule has 1 unspecified atom stereocenters. The molecule has 34 heavy (non-hydrogen) atoms. The molecule has 170 valence electrons. The minimum atomic E-state index is -0.452. The predicted octanol–water partition coefficient (Wildman–Crippen LogP) is 2.84. The first-order valence-electron chi connectivity index (χ1n) is 11.6. The van der Waals surface area contributed by atoms with E-state index < -0.39 is 6.04 Å². The van der Waals surface area contributed by atoms with Gasteiger partial charge in [-0.2, -0.15) is 0 Å². The molecule has 0 N–H and O–H groups in total. The highest BCUT2D eigenvalue weighted by Crippen LogP contribution is 2.24. The fourth-order valence-corrected chi connectivity index (χ4v) is 5.13. The van der Waals surface area contributed by atoms with Crippen molar-refractivity contribution in [2.24, 2.45) is 0 Å². The topological polar surface area (TPSA) is 69.6 Å². The first-order valence-corrected chi connectivity index (χ1v) is 11.6. The minimum absolute atomic E-state index is 0.00787. The molecule has 2 fully saturated rings. The average Bonchev–Trinajstić information content (AvgIpc) is 2.87. The number of benzene rings is 2. The number of aromatic nitrogens is 2. The van der Waals surface area contributed by atoms with Gasteiger partial charge in [0, 0.05) is 55.9 Å². The number of carbonyl (C=O) groups excluding carboxylic acids is 2. The van der Waals surface area contributed by atoms with Gasteiger partial charge in [0.25, 0.3) is 0 Å². The number of hydrogen-bond donors (Lipinski definition) is 0. The number of fused-ring (bicyclic) bond motifs is 3. The van der Waals surface area contributed by atoms with Crippen LogP contribution in [0.4, 0.5) is 0 Å². The second-order valence-electron chi connectivity index (χ2n) is 9.06. The van der Waals surface area contributed by atoms with Crippen LogP contribution in [-0.2, 0) is 22.7 Å². The van der Waals surface area contributed by atoms with E-state index in [1.54, 1.807) is 16.0 Å². The van der Waals surface area contributed by atoms with Crippen LogP contribution in [0.25, 0.3) is 21.8 Å². The SMILES string of the molecule is O=C1C2CN(Cc3cccc4cccnc34)CCN2C(=O)CN1Cc1cnc2ccccc2c1. The van der Waals surface area contributed by atoms with Gasteiger partial charge in [0.1, 0.15) is 12.6 Å². The van der Waals surface area contributed by atoms with Crippen LogP contribution in [0.3, 0.4) is 0 Å². The molecule has 2 aliphatic heterocycles. The Morgan fingerprint density at radius 2 is 1.74 bits per heavy atom. The van der Waals surface area contributed by atoms with Crippen molar-refractivity contribution in [3.05, 3.63) is 84.2 Å². The summed E-state index contributed by atoms with van der Waals surface area (Å²) >= 11 is 0. The third-order valence-electron chi connectivity index (χ3n) is 6.84. The summed E-state index contributed by atoms with van der Waals surface area (Å²) in [4.78, 5) is 41.1. The van der Waals surface area contributed by atoms with Gasteiger partial charge < -0.3 is 9.80 Å². The zero-order chi connectivity index (χ0) is 23.1. The van der Waals surface area contributed by atoms with E-state index in [0.717, 1.165) is 39.5 Å². The van der Waals surface area contributed by atoms with Crippen LogP contribution in [0.15, 0.2) is 73.1 Å². The Balaban J connectivity index is 1.20. The molecule has 2 aromatic carbocycles. The van der Waals surface area contributed by atoms with Gasteiger partial charge in [-0.1, -0.05) is 42.5 Å². The Hall–Kier alpha value is -3.84. The summed E-state index contributed by atoms with van der Waals surface area (Å²) in [6, 6.07) is 19.7. The standard InChI is InChI=1S/C27H25N5O2/c33-25-18-31(15-19-13-21-5-1-2-9-23(21)29-14-19)27(34)24-17-30(11-12-32(24)25)16-22-7-3-6-20-8-4-10-28-26(20)22/h1-10,13-14,24H,11-12,15-18H2. The van der Waals surface area contributed by atoms with Gasteiger partial charge in [-0.15, -0.1) is 0 Å². The summed E-state index contributed by atoms with van der Waals surface area (Å²) < 4.78 is 0. The van der Waals surface area contributed by atoms with Crippen LogP contribution in [0, 0.1) is 0 Å². The molecule has 2 amide bonds. The van der Waals surface area contributed by atoms with Crippen molar-refractivity contribution in [1.29, 1.82) is 0 Å². The molecule has 4 heterocycles. The van der Waals surface area contributed by atoms with Crippen LogP contribution in [0.5, 0.6) is 0 Å². The summed E-state index contributed by atoms with van der Waals surface area (Å²) in [5.74, 6) is 0.0262. The molecule has 0 saturated carbocycles. The lowest BCUT2D eigenvalue weighted by atomic mass is 10.0. The molecule has 7 nitrogen and oxygen atoms in total. The third kappa shape index (κ3) is 3.78. The lowest BCUT2D eigenvalue weighted by Gasteiger charge is -2.46. The second-order valence-corrected chi connectivity index (χ2v) is 9.06. The van der Waals surface area contributed by atoms with Crippen molar-refractivity contribution in [3.63, 3.8) is 0 Å². The molecule has 2 saturated heterocycles. The maximum absolute atomic E-state index is 13.5. The number of rotatable bonds is 4. The lowest BCUT2D eigenvalue weighted by molar-refractivity contribution is -0.160. The Morgan fingerprint density at radius 1 is 0.882 bits per heavy atom. The number of pyridine rings is 2. The molecule has 1 atom stereocenters. The smallest absolute Gasteiger partial charge is 0.247 e. The Bertz CT molecular complexity index is 1400. The molecule has 2 aliphatic rings. The molecule has 2 aromatic heterocycles. The molecule has 0 aliphatic carbocycles. The second kappa shape index (κ2) is 8.50. The molecule has 0 radical (unpaired) electrons. The summed E-state index contributed by atoms with van der Waals surface area (Å²) in [5.41, 5.74) is 3.98. The van der Waals surface area contributed by atoms with Crippen molar-refractivity contribution >= 4 is 33.6 Å². The minimum Gasteiger partial charge on any atom is -0.327 e. The van der Waals surface area contributed by atoms with E-state index in [0.29, 0.717) is 26.2 Å². The molecular weight excluding hydrogens is 426 g/mol. The number of piperazine rings is 2. The van der Waals surface area contributed by atoms with Crippen molar-refractivity contribution in [2.75, 3.05) is 26.2 Å². The molecule has 7 heteroatoms. The van der Waals surface area contributed by atoms with Crippen molar-refractivity contribution < 1.29 is 9.59 Å². The predicted molar refractivity (Wildman–Crippen MR) is 130 cm³/mol. The maximum Gasteiger partial charge on any atom is 0.247 e. The van der Waals surface area contributed by atoms with Crippen LogP contribution >= 0.6 is 0 Å². The maximum atomic E-state index is 13.5. The number of hydrogen-bond acceptors (Lipinski definition) is 5. The summed E-state index contributed by atoms with van der Waals surface area (Å²) in [7, 11) is 0. The first kappa shape index (κ1) is 20.7. The van der Waals surface area contributed by atoms with Gasteiger partial charge in [-0.3, -0.25) is 24.5 Å². The summed E-state index contributed by atoms with van der Waals surface area (Å²) in [5, 5.41) is 2.14. The van der Waals surface area contributed by atoms with Crippen molar-refractivity contribution in [2.45, 2.75) is 19.1 Å². The Morgan fingerprint density at radius 3 is 2.68 bits per heavy atom. The quantitative estimate of drug-likeness (QED) is 0.477. The normalized spacial score (nSPS) is 19.1. The zero-order valence-electron chi connectivity index (χ0n) is 18.8. The number of nitrogens with zero attached hydrogens (tertiary/aromatic N) is 5. The third-order valence-corrected chi connectivity index (χ3v) is 6.84. The molecule has 6 rings (SSSR count). The van der Waals surface area contributed by atoms with E-state index in [1.807, 2.05) is 48.7 Å². The van der Waals surface area contributed by atoms with E-state index in [1.165, 1.54) is 0 Å². The van der Waals surface area contributed by atoms with Gasteiger partial charge in [0.2, 0.25) is 11.8 Å². The van der Waals surface area contributed by atoms with Crippen LogP contribution in [0.1, 0.15) is 11.1 Å². The highest BCUT2D eigenvalue weighted by molar-refractivity contribution is 5.95. The van der Waals surface area contributed by atoms with E-state index >= 15 is 0 Å². The van der Waals surface area contributed by atoms with Gasteiger partial charge in [0.15, 0.2) is 0 Å². The van der Waals surface area contributed by atoms with Gasteiger partial charge in [-0.25, -0.2) is 0 Å². The molecule has 4 aromatic rings. The largest absolute Gasteiger partial charge is 0.327 e. The molecular formula is C27H25N5O2. The number of para-hydroxylation sites is 2. The van der Waals surface area contributed by atoms with Gasteiger partial charge in [0.05, 0.1) is 11.0 Å². The van der Waals surface area contributed by atoms with E-state index in [4.69, 9.17) is 0 Å². The number of carbonyl (C=O) groups is 2. The van der Waals surface area contributed by atoms with E-state index in [-0.39, 0.29) is 18.4 Å². The fourth-order valence-electron chi connectivity index (χ4n) is 5.13. The Labute approximate surface area is 197 Å². The highest BCUT2D eigenvalue weighted by atomic mass is 16.2.